The molecule has 1 heterocycles. The lowest BCUT2D eigenvalue weighted by Crippen LogP contribution is -2.13. The topological polar surface area (TPSA) is 88.5 Å². The van der Waals surface area contributed by atoms with Crippen LogP contribution in [0.1, 0.15) is 12.8 Å². The van der Waals surface area contributed by atoms with Gasteiger partial charge < -0.3 is 15.2 Å². The van der Waals surface area contributed by atoms with Crippen LogP contribution in [0.4, 0.5) is 14.5 Å². The lowest BCUT2D eigenvalue weighted by atomic mass is 10.3. The molecule has 2 N–H and O–H groups in total. The SMILES string of the molecule is O=C(O)CCC(=O)Nc1ccc(Oc2ccc(F)cc2F)nc1. The molecular formula is C15H12F2N2O4. The van der Waals surface area contributed by atoms with Crippen molar-refractivity contribution >= 4 is 17.6 Å². The smallest absolute Gasteiger partial charge is 0.303 e. The molecule has 120 valence electrons. The number of benzene rings is 1. The third kappa shape index (κ3) is 5.03. The Hall–Kier alpha value is -3.03. The molecule has 1 aromatic carbocycles. The Morgan fingerprint density at radius 1 is 1.17 bits per heavy atom. The van der Waals surface area contributed by atoms with E-state index in [9.17, 15) is 18.4 Å². The van der Waals surface area contributed by atoms with Gasteiger partial charge in [0, 0.05) is 18.6 Å². The summed E-state index contributed by atoms with van der Waals surface area (Å²) in [7, 11) is 0. The van der Waals surface area contributed by atoms with Crippen LogP contribution < -0.4 is 10.1 Å². The number of carbonyl (C=O) groups excluding carboxylic acids is 1. The summed E-state index contributed by atoms with van der Waals surface area (Å²) < 4.78 is 31.4. The highest BCUT2D eigenvalue weighted by atomic mass is 19.1. The molecular weight excluding hydrogens is 310 g/mol. The summed E-state index contributed by atoms with van der Waals surface area (Å²) in [6.07, 6.45) is 0.841. The van der Waals surface area contributed by atoms with Gasteiger partial charge in [0.05, 0.1) is 18.3 Å². The minimum absolute atomic E-state index is 0.0547. The average Bonchev–Trinajstić information content (AvgIpc) is 2.50. The van der Waals surface area contributed by atoms with Gasteiger partial charge >= 0.3 is 5.97 Å². The summed E-state index contributed by atoms with van der Waals surface area (Å²) in [5.74, 6) is -3.24. The van der Waals surface area contributed by atoms with E-state index < -0.39 is 23.5 Å². The summed E-state index contributed by atoms with van der Waals surface area (Å²) in [6, 6.07) is 5.72. The Balaban J connectivity index is 1.96. The van der Waals surface area contributed by atoms with Crippen molar-refractivity contribution in [3.05, 3.63) is 48.2 Å². The van der Waals surface area contributed by atoms with Gasteiger partial charge in [-0.1, -0.05) is 0 Å². The first-order chi connectivity index (χ1) is 10.9. The zero-order valence-corrected chi connectivity index (χ0v) is 11.8. The molecule has 0 aliphatic heterocycles. The van der Waals surface area contributed by atoms with Gasteiger partial charge in [0.25, 0.3) is 0 Å². The molecule has 0 saturated carbocycles. The summed E-state index contributed by atoms with van der Waals surface area (Å²) in [4.78, 5) is 25.7. The van der Waals surface area contributed by atoms with E-state index in [2.05, 4.69) is 10.3 Å². The largest absolute Gasteiger partial charge is 0.481 e. The Morgan fingerprint density at radius 3 is 2.57 bits per heavy atom. The number of carboxylic acids is 1. The molecule has 0 bridgehead atoms. The monoisotopic (exact) mass is 322 g/mol. The number of carboxylic acid groups (broad SMARTS) is 1. The zero-order chi connectivity index (χ0) is 16.8. The van der Waals surface area contributed by atoms with Crippen LogP contribution >= 0.6 is 0 Å². The van der Waals surface area contributed by atoms with Gasteiger partial charge in [0.2, 0.25) is 11.8 Å². The number of aliphatic carboxylic acids is 1. The number of halogens is 2. The van der Waals surface area contributed by atoms with Crippen molar-refractivity contribution in [3.8, 4) is 11.6 Å². The average molecular weight is 322 g/mol. The Morgan fingerprint density at radius 2 is 1.96 bits per heavy atom. The Labute approximate surface area is 129 Å². The van der Waals surface area contributed by atoms with E-state index in [1.807, 2.05) is 0 Å². The van der Waals surface area contributed by atoms with E-state index in [4.69, 9.17) is 9.84 Å². The second-order valence-corrected chi connectivity index (χ2v) is 4.50. The van der Waals surface area contributed by atoms with Crippen LogP contribution in [0.3, 0.4) is 0 Å². The van der Waals surface area contributed by atoms with Crippen LogP contribution in [-0.2, 0) is 9.59 Å². The second kappa shape index (κ2) is 7.30. The molecule has 0 aliphatic rings. The van der Waals surface area contributed by atoms with Crippen molar-refractivity contribution in [2.24, 2.45) is 0 Å². The van der Waals surface area contributed by atoms with Crippen LogP contribution in [0, 0.1) is 11.6 Å². The molecule has 0 fully saturated rings. The second-order valence-electron chi connectivity index (χ2n) is 4.50. The molecule has 2 rings (SSSR count). The van der Waals surface area contributed by atoms with E-state index in [0.717, 1.165) is 12.1 Å². The van der Waals surface area contributed by atoms with Crippen molar-refractivity contribution in [2.75, 3.05) is 5.32 Å². The lowest BCUT2D eigenvalue weighted by Gasteiger charge is -2.07. The van der Waals surface area contributed by atoms with Crippen molar-refractivity contribution in [3.63, 3.8) is 0 Å². The van der Waals surface area contributed by atoms with Crippen LogP contribution in [-0.4, -0.2) is 22.0 Å². The number of amides is 1. The third-order valence-corrected chi connectivity index (χ3v) is 2.69. The Kier molecular flexibility index (Phi) is 5.19. The maximum Gasteiger partial charge on any atom is 0.303 e. The zero-order valence-electron chi connectivity index (χ0n) is 11.8. The van der Waals surface area contributed by atoms with E-state index in [1.165, 1.54) is 18.3 Å². The molecule has 0 radical (unpaired) electrons. The fourth-order valence-corrected chi connectivity index (χ4v) is 1.63. The molecule has 1 amide bonds. The molecule has 0 unspecified atom stereocenters. The molecule has 23 heavy (non-hydrogen) atoms. The van der Waals surface area contributed by atoms with Crippen molar-refractivity contribution < 1.29 is 28.2 Å². The van der Waals surface area contributed by atoms with E-state index in [1.54, 1.807) is 0 Å². The molecule has 2 aromatic rings. The van der Waals surface area contributed by atoms with Gasteiger partial charge in [0.15, 0.2) is 11.6 Å². The quantitative estimate of drug-likeness (QED) is 0.853. The Bertz CT molecular complexity index is 720. The van der Waals surface area contributed by atoms with E-state index in [-0.39, 0.29) is 24.5 Å². The molecule has 0 aliphatic carbocycles. The van der Waals surface area contributed by atoms with E-state index >= 15 is 0 Å². The number of ether oxygens (including phenoxy) is 1. The summed E-state index contributed by atoms with van der Waals surface area (Å²) in [5.41, 5.74) is 0.340. The first kappa shape index (κ1) is 16.3. The first-order valence-electron chi connectivity index (χ1n) is 6.54. The number of hydrogen-bond donors (Lipinski definition) is 2. The summed E-state index contributed by atoms with van der Waals surface area (Å²) in [5, 5.41) is 10.9. The normalized spacial score (nSPS) is 10.2. The number of anilines is 1. The van der Waals surface area contributed by atoms with Crippen LogP contribution in [0.25, 0.3) is 0 Å². The van der Waals surface area contributed by atoms with Crippen LogP contribution in [0.5, 0.6) is 11.6 Å². The minimum atomic E-state index is -1.07. The molecule has 0 saturated heterocycles. The lowest BCUT2D eigenvalue weighted by molar-refractivity contribution is -0.138. The van der Waals surface area contributed by atoms with Crippen molar-refractivity contribution in [1.82, 2.24) is 4.98 Å². The first-order valence-corrected chi connectivity index (χ1v) is 6.54. The van der Waals surface area contributed by atoms with Gasteiger partial charge in [-0.3, -0.25) is 9.59 Å². The number of rotatable bonds is 6. The standard InChI is InChI=1S/C15H12F2N2O4/c16-9-1-3-12(11(17)7-9)23-14-5-2-10(8-18-14)19-13(20)4-6-15(21)22/h1-3,5,7-8H,4,6H2,(H,19,20)(H,21,22). The highest BCUT2D eigenvalue weighted by molar-refractivity contribution is 5.92. The summed E-state index contributed by atoms with van der Waals surface area (Å²) >= 11 is 0. The third-order valence-electron chi connectivity index (χ3n) is 2.69. The predicted molar refractivity (Wildman–Crippen MR) is 76.2 cm³/mol. The van der Waals surface area contributed by atoms with Crippen LogP contribution in [0.2, 0.25) is 0 Å². The summed E-state index contributed by atoms with van der Waals surface area (Å²) in [6.45, 7) is 0. The molecule has 8 heteroatoms. The van der Waals surface area contributed by atoms with E-state index in [0.29, 0.717) is 11.8 Å². The predicted octanol–water partition coefficient (Wildman–Crippen LogP) is 2.96. The highest BCUT2D eigenvalue weighted by Gasteiger charge is 2.08. The maximum atomic E-state index is 13.4. The minimum Gasteiger partial charge on any atom is -0.481 e. The van der Waals surface area contributed by atoms with Crippen molar-refractivity contribution in [2.45, 2.75) is 12.8 Å². The molecule has 1 aromatic heterocycles. The van der Waals surface area contributed by atoms with Gasteiger partial charge in [0.1, 0.15) is 5.82 Å². The number of carbonyl (C=O) groups is 2. The van der Waals surface area contributed by atoms with Gasteiger partial charge in [-0.25, -0.2) is 13.8 Å². The fourth-order valence-electron chi connectivity index (χ4n) is 1.63. The molecule has 0 spiro atoms. The van der Waals surface area contributed by atoms with Gasteiger partial charge in [-0.2, -0.15) is 0 Å². The number of pyridine rings is 1. The highest BCUT2D eigenvalue weighted by Crippen LogP contribution is 2.24. The van der Waals surface area contributed by atoms with Gasteiger partial charge in [-0.15, -0.1) is 0 Å². The number of aromatic nitrogens is 1. The van der Waals surface area contributed by atoms with Gasteiger partial charge in [-0.05, 0) is 18.2 Å². The number of nitrogens with one attached hydrogen (secondary N) is 1. The maximum absolute atomic E-state index is 13.4. The fraction of sp³-hybridized carbons (Fsp3) is 0.133. The van der Waals surface area contributed by atoms with Crippen molar-refractivity contribution in [1.29, 1.82) is 0 Å². The molecule has 0 atom stereocenters. The number of hydrogen-bond acceptors (Lipinski definition) is 4. The molecule has 6 nitrogen and oxygen atoms in total. The number of nitrogens with zero attached hydrogens (tertiary/aromatic N) is 1. The van der Waals surface area contributed by atoms with Crippen LogP contribution in [0.15, 0.2) is 36.5 Å².